The molecule has 2 aromatic carbocycles. The van der Waals surface area contributed by atoms with Gasteiger partial charge in [0, 0.05) is 18.2 Å². The zero-order chi connectivity index (χ0) is 13.2. The standard InChI is InChI=1S/C16H15NO2/c18-16(19)14-7-3-4-8-15(14)17-10-12-9-11-5-1-2-6-13(11)12/h1-8,12,17H,9-10H2,(H,18,19). The summed E-state index contributed by atoms with van der Waals surface area (Å²) in [7, 11) is 0. The fourth-order valence-electron chi connectivity index (χ4n) is 2.60. The van der Waals surface area contributed by atoms with Crippen molar-refractivity contribution in [2.75, 3.05) is 11.9 Å². The van der Waals surface area contributed by atoms with Crippen molar-refractivity contribution in [3.63, 3.8) is 0 Å². The molecule has 2 aromatic rings. The van der Waals surface area contributed by atoms with E-state index in [1.807, 2.05) is 12.1 Å². The Balaban J connectivity index is 1.70. The maximum Gasteiger partial charge on any atom is 0.337 e. The van der Waals surface area contributed by atoms with Crippen LogP contribution in [0.4, 0.5) is 5.69 Å². The van der Waals surface area contributed by atoms with E-state index in [9.17, 15) is 4.79 Å². The van der Waals surface area contributed by atoms with E-state index in [4.69, 9.17) is 5.11 Å². The second-order valence-electron chi connectivity index (χ2n) is 4.83. The predicted octanol–water partition coefficient (Wildman–Crippen LogP) is 3.14. The smallest absolute Gasteiger partial charge is 0.337 e. The molecule has 0 aliphatic heterocycles. The summed E-state index contributed by atoms with van der Waals surface area (Å²) in [4.78, 5) is 11.1. The van der Waals surface area contributed by atoms with Crippen LogP contribution < -0.4 is 5.32 Å². The SMILES string of the molecule is O=C(O)c1ccccc1NCC1Cc2ccccc21. The number of carboxylic acid groups (broad SMARTS) is 1. The van der Waals surface area contributed by atoms with Gasteiger partial charge in [0.25, 0.3) is 0 Å². The van der Waals surface area contributed by atoms with Gasteiger partial charge in [-0.25, -0.2) is 4.79 Å². The van der Waals surface area contributed by atoms with Crippen molar-refractivity contribution in [1.29, 1.82) is 0 Å². The molecule has 0 bridgehead atoms. The summed E-state index contributed by atoms with van der Waals surface area (Å²) >= 11 is 0. The van der Waals surface area contributed by atoms with Gasteiger partial charge in [0.2, 0.25) is 0 Å². The van der Waals surface area contributed by atoms with Gasteiger partial charge in [-0.3, -0.25) is 0 Å². The lowest BCUT2D eigenvalue weighted by molar-refractivity contribution is 0.0698. The van der Waals surface area contributed by atoms with Crippen molar-refractivity contribution >= 4 is 11.7 Å². The number of carboxylic acids is 1. The molecular weight excluding hydrogens is 238 g/mol. The molecule has 2 N–H and O–H groups in total. The number of para-hydroxylation sites is 1. The van der Waals surface area contributed by atoms with Crippen LogP contribution in [0.1, 0.15) is 27.4 Å². The number of carbonyl (C=O) groups is 1. The third kappa shape index (κ3) is 2.19. The van der Waals surface area contributed by atoms with Crippen LogP contribution in [0.2, 0.25) is 0 Å². The lowest BCUT2D eigenvalue weighted by Crippen LogP contribution is -2.24. The van der Waals surface area contributed by atoms with Crippen molar-refractivity contribution in [2.45, 2.75) is 12.3 Å². The number of fused-ring (bicyclic) bond motifs is 1. The zero-order valence-electron chi connectivity index (χ0n) is 10.5. The quantitative estimate of drug-likeness (QED) is 0.880. The Hall–Kier alpha value is -2.29. The molecule has 1 aliphatic rings. The summed E-state index contributed by atoms with van der Waals surface area (Å²) in [5, 5.41) is 12.4. The molecule has 96 valence electrons. The fraction of sp³-hybridized carbons (Fsp3) is 0.188. The minimum absolute atomic E-state index is 0.329. The summed E-state index contributed by atoms with van der Waals surface area (Å²) in [6, 6.07) is 15.4. The summed E-state index contributed by atoms with van der Waals surface area (Å²) in [5.41, 5.74) is 3.80. The highest BCUT2D eigenvalue weighted by Crippen LogP contribution is 2.34. The lowest BCUT2D eigenvalue weighted by atomic mass is 9.77. The van der Waals surface area contributed by atoms with E-state index >= 15 is 0 Å². The van der Waals surface area contributed by atoms with Crippen molar-refractivity contribution in [3.8, 4) is 0 Å². The first-order chi connectivity index (χ1) is 9.25. The van der Waals surface area contributed by atoms with Gasteiger partial charge in [0.05, 0.1) is 5.56 Å². The van der Waals surface area contributed by atoms with Crippen LogP contribution in [-0.4, -0.2) is 17.6 Å². The number of benzene rings is 2. The Morgan fingerprint density at radius 1 is 1.16 bits per heavy atom. The molecule has 0 amide bonds. The predicted molar refractivity (Wildman–Crippen MR) is 74.8 cm³/mol. The third-order valence-electron chi connectivity index (χ3n) is 3.66. The van der Waals surface area contributed by atoms with Gasteiger partial charge in [-0.15, -0.1) is 0 Å². The van der Waals surface area contributed by atoms with Crippen molar-refractivity contribution in [2.24, 2.45) is 0 Å². The van der Waals surface area contributed by atoms with Crippen LogP contribution in [-0.2, 0) is 6.42 Å². The van der Waals surface area contributed by atoms with E-state index in [1.165, 1.54) is 11.1 Å². The molecule has 0 spiro atoms. The molecule has 1 unspecified atom stereocenters. The second-order valence-corrected chi connectivity index (χ2v) is 4.83. The van der Waals surface area contributed by atoms with Crippen LogP contribution in [0, 0.1) is 0 Å². The van der Waals surface area contributed by atoms with Gasteiger partial charge in [-0.2, -0.15) is 0 Å². The Morgan fingerprint density at radius 2 is 1.89 bits per heavy atom. The van der Waals surface area contributed by atoms with Gasteiger partial charge in [0.1, 0.15) is 0 Å². The highest BCUT2D eigenvalue weighted by atomic mass is 16.4. The number of anilines is 1. The fourth-order valence-corrected chi connectivity index (χ4v) is 2.60. The largest absolute Gasteiger partial charge is 0.478 e. The number of hydrogen-bond donors (Lipinski definition) is 2. The molecule has 1 atom stereocenters. The highest BCUT2D eigenvalue weighted by molar-refractivity contribution is 5.94. The van der Waals surface area contributed by atoms with E-state index in [-0.39, 0.29) is 0 Å². The number of hydrogen-bond acceptors (Lipinski definition) is 2. The van der Waals surface area contributed by atoms with E-state index in [0.717, 1.165) is 13.0 Å². The Labute approximate surface area is 111 Å². The van der Waals surface area contributed by atoms with Crippen molar-refractivity contribution in [3.05, 3.63) is 65.2 Å². The first kappa shape index (κ1) is 11.8. The molecule has 19 heavy (non-hydrogen) atoms. The summed E-state index contributed by atoms with van der Waals surface area (Å²) in [6.45, 7) is 0.779. The van der Waals surface area contributed by atoms with E-state index in [1.54, 1.807) is 12.1 Å². The minimum atomic E-state index is -0.892. The van der Waals surface area contributed by atoms with Crippen molar-refractivity contribution < 1.29 is 9.90 Å². The van der Waals surface area contributed by atoms with Gasteiger partial charge < -0.3 is 10.4 Å². The number of aromatic carboxylic acids is 1. The average Bonchev–Trinajstić information content (AvgIpc) is 2.40. The third-order valence-corrected chi connectivity index (χ3v) is 3.66. The highest BCUT2D eigenvalue weighted by Gasteiger charge is 2.25. The van der Waals surface area contributed by atoms with Gasteiger partial charge in [-0.1, -0.05) is 36.4 Å². The molecule has 3 rings (SSSR count). The van der Waals surface area contributed by atoms with E-state index in [2.05, 4.69) is 29.6 Å². The first-order valence-corrected chi connectivity index (χ1v) is 6.39. The normalized spacial score (nSPS) is 16.3. The number of rotatable bonds is 4. The molecule has 0 radical (unpaired) electrons. The molecular formula is C16H15NO2. The summed E-state index contributed by atoms with van der Waals surface area (Å²) in [6.07, 6.45) is 1.07. The van der Waals surface area contributed by atoms with Crippen LogP contribution in [0.5, 0.6) is 0 Å². The van der Waals surface area contributed by atoms with Crippen LogP contribution >= 0.6 is 0 Å². The minimum Gasteiger partial charge on any atom is -0.478 e. The number of nitrogens with one attached hydrogen (secondary N) is 1. The first-order valence-electron chi connectivity index (χ1n) is 6.39. The Kier molecular flexibility index (Phi) is 2.95. The lowest BCUT2D eigenvalue weighted by Gasteiger charge is -2.30. The maximum absolute atomic E-state index is 11.1. The monoisotopic (exact) mass is 253 g/mol. The van der Waals surface area contributed by atoms with Crippen LogP contribution in [0.15, 0.2) is 48.5 Å². The van der Waals surface area contributed by atoms with Crippen molar-refractivity contribution in [1.82, 2.24) is 0 Å². The van der Waals surface area contributed by atoms with Crippen LogP contribution in [0.3, 0.4) is 0 Å². The molecule has 3 nitrogen and oxygen atoms in total. The molecule has 0 fully saturated rings. The molecule has 3 heteroatoms. The molecule has 0 saturated carbocycles. The zero-order valence-corrected chi connectivity index (χ0v) is 10.5. The summed E-state index contributed by atoms with van der Waals surface area (Å²) in [5.74, 6) is -0.407. The molecule has 0 aromatic heterocycles. The Bertz CT molecular complexity index is 622. The molecule has 0 heterocycles. The average molecular weight is 253 g/mol. The van der Waals surface area contributed by atoms with E-state index < -0.39 is 5.97 Å². The van der Waals surface area contributed by atoms with Gasteiger partial charge >= 0.3 is 5.97 Å². The second kappa shape index (κ2) is 4.76. The molecule has 0 saturated heterocycles. The van der Waals surface area contributed by atoms with Crippen LogP contribution in [0.25, 0.3) is 0 Å². The van der Waals surface area contributed by atoms with Gasteiger partial charge in [-0.05, 0) is 29.7 Å². The summed E-state index contributed by atoms with van der Waals surface area (Å²) < 4.78 is 0. The topological polar surface area (TPSA) is 49.3 Å². The van der Waals surface area contributed by atoms with E-state index in [0.29, 0.717) is 17.2 Å². The molecule has 1 aliphatic carbocycles. The van der Waals surface area contributed by atoms with Gasteiger partial charge in [0.15, 0.2) is 0 Å². The Morgan fingerprint density at radius 3 is 2.68 bits per heavy atom. The maximum atomic E-state index is 11.1.